The highest BCUT2D eigenvalue weighted by atomic mass is 16.6. The van der Waals surface area contributed by atoms with Crippen LogP contribution >= 0.6 is 0 Å². The molecule has 8 heteroatoms. The van der Waals surface area contributed by atoms with Crippen LogP contribution in [0.15, 0.2) is 0 Å². The summed E-state index contributed by atoms with van der Waals surface area (Å²) in [4.78, 5) is 30.0. The first kappa shape index (κ1) is 19.8. The summed E-state index contributed by atoms with van der Waals surface area (Å²) in [6.07, 6.45) is -1.09. The Morgan fingerprint density at radius 3 is 2.00 bits per heavy atom. The molecule has 0 radical (unpaired) electrons. The van der Waals surface area contributed by atoms with Crippen molar-refractivity contribution in [3.05, 3.63) is 0 Å². The average Bonchev–Trinajstić information content (AvgIpc) is 2.12. The zero-order chi connectivity index (χ0) is 15.6. The van der Waals surface area contributed by atoms with Gasteiger partial charge >= 0.3 is 11.9 Å². The second-order valence-corrected chi connectivity index (χ2v) is 4.87. The topological polar surface area (TPSA) is 130 Å². The van der Waals surface area contributed by atoms with E-state index in [4.69, 9.17) is 10.8 Å². The number of rotatable bonds is 5. The molecule has 3 N–H and O–H groups in total. The first-order valence-electron chi connectivity index (χ1n) is 5.57. The standard InChI is InChI=1S/C7H15NO3.C4H7NO3/c1-8(2,3)5-6(9)4-7(10)11;1-3(6)8-4(7)2-5/h6,9H,4-5H2,1-3H3;2,5H2,1H3/t6-;/m1./s1. The number of carbonyl (C=O) groups excluding carboxylic acids is 3. The first-order valence-corrected chi connectivity index (χ1v) is 5.57. The predicted octanol–water partition coefficient (Wildman–Crippen LogP) is -2.77. The van der Waals surface area contributed by atoms with Crippen LogP contribution in [0.1, 0.15) is 13.3 Å². The van der Waals surface area contributed by atoms with Crippen molar-refractivity contribution < 1.29 is 33.8 Å². The van der Waals surface area contributed by atoms with Crippen molar-refractivity contribution >= 4 is 17.9 Å². The Bertz CT molecular complexity index is 311. The molecule has 0 heterocycles. The van der Waals surface area contributed by atoms with Crippen LogP contribution in [0.2, 0.25) is 0 Å². The van der Waals surface area contributed by atoms with Gasteiger partial charge in [-0.2, -0.15) is 0 Å². The van der Waals surface area contributed by atoms with E-state index in [1.165, 1.54) is 0 Å². The van der Waals surface area contributed by atoms with Crippen LogP contribution in [0.5, 0.6) is 0 Å². The maximum atomic E-state index is 10.1. The van der Waals surface area contributed by atoms with Crippen LogP contribution in [0.4, 0.5) is 0 Å². The van der Waals surface area contributed by atoms with Gasteiger partial charge in [0, 0.05) is 19.3 Å². The summed E-state index contributed by atoms with van der Waals surface area (Å²) in [6, 6.07) is 0. The lowest BCUT2D eigenvalue weighted by Crippen LogP contribution is -2.43. The van der Waals surface area contributed by atoms with Gasteiger partial charge in [0.2, 0.25) is 0 Å². The molecule has 0 amide bonds. The van der Waals surface area contributed by atoms with Crippen LogP contribution in [0.25, 0.3) is 0 Å². The van der Waals surface area contributed by atoms with E-state index < -0.39 is 24.0 Å². The van der Waals surface area contributed by atoms with E-state index in [1.54, 1.807) is 0 Å². The highest BCUT2D eigenvalue weighted by molar-refractivity contribution is 5.84. The quantitative estimate of drug-likeness (QED) is 0.316. The van der Waals surface area contributed by atoms with Crippen LogP contribution in [0, 0.1) is 0 Å². The number of ether oxygens (including phenoxy) is 1. The molecule has 0 bridgehead atoms. The highest BCUT2D eigenvalue weighted by Crippen LogP contribution is 1.97. The number of carboxylic acid groups (broad SMARTS) is 1. The maximum Gasteiger partial charge on any atom is 0.327 e. The van der Waals surface area contributed by atoms with Gasteiger partial charge in [-0.15, -0.1) is 0 Å². The Hall–Kier alpha value is -1.51. The van der Waals surface area contributed by atoms with E-state index in [-0.39, 0.29) is 13.0 Å². The van der Waals surface area contributed by atoms with Crippen LogP contribution < -0.4 is 10.8 Å². The van der Waals surface area contributed by atoms with Crippen molar-refractivity contribution in [2.45, 2.75) is 19.4 Å². The third-order valence-electron chi connectivity index (χ3n) is 1.58. The molecule has 0 aromatic heterocycles. The molecule has 0 aliphatic carbocycles. The number of carboxylic acids is 1. The summed E-state index contributed by atoms with van der Waals surface area (Å²) in [5, 5.41) is 19.1. The van der Waals surface area contributed by atoms with E-state index >= 15 is 0 Å². The van der Waals surface area contributed by atoms with E-state index in [9.17, 15) is 19.5 Å². The molecule has 8 nitrogen and oxygen atoms in total. The van der Waals surface area contributed by atoms with E-state index in [2.05, 4.69) is 4.74 Å². The zero-order valence-electron chi connectivity index (χ0n) is 11.7. The minimum Gasteiger partial charge on any atom is -0.550 e. The SMILES string of the molecule is CC(=O)OC(=O)CN.C[N+](C)(C)C[C@H](O)CC(=O)[O-]. The number of carbonyl (C=O) groups is 3. The van der Waals surface area contributed by atoms with Crippen molar-refractivity contribution in [3.63, 3.8) is 0 Å². The largest absolute Gasteiger partial charge is 0.550 e. The molecule has 0 aromatic carbocycles. The van der Waals surface area contributed by atoms with E-state index in [0.717, 1.165) is 6.92 Å². The Morgan fingerprint density at radius 2 is 1.79 bits per heavy atom. The van der Waals surface area contributed by atoms with Crippen molar-refractivity contribution in [2.75, 3.05) is 34.2 Å². The van der Waals surface area contributed by atoms with E-state index in [0.29, 0.717) is 11.0 Å². The molecule has 0 aromatic rings. The van der Waals surface area contributed by atoms with Crippen LogP contribution in [-0.4, -0.2) is 67.8 Å². The highest BCUT2D eigenvalue weighted by Gasteiger charge is 2.14. The predicted molar refractivity (Wildman–Crippen MR) is 64.4 cm³/mol. The number of aliphatic hydroxyl groups excluding tert-OH is 1. The number of esters is 2. The fourth-order valence-electron chi connectivity index (χ4n) is 1.09. The first-order chi connectivity index (χ1) is 8.47. The molecule has 0 rings (SSSR count). The summed E-state index contributed by atoms with van der Waals surface area (Å²) >= 11 is 0. The zero-order valence-corrected chi connectivity index (χ0v) is 11.7. The fraction of sp³-hybridized carbons (Fsp3) is 0.727. The molecular formula is C11H22N2O6. The summed E-state index contributed by atoms with van der Waals surface area (Å²) in [5.41, 5.74) is 4.79. The lowest BCUT2D eigenvalue weighted by atomic mass is 10.2. The van der Waals surface area contributed by atoms with Gasteiger partial charge in [-0.25, -0.2) is 0 Å². The Kier molecular flexibility index (Phi) is 9.83. The van der Waals surface area contributed by atoms with Gasteiger partial charge in [0.05, 0.1) is 27.7 Å². The van der Waals surface area contributed by atoms with Gasteiger partial charge in [-0.3, -0.25) is 9.59 Å². The average molecular weight is 278 g/mol. The van der Waals surface area contributed by atoms with Crippen molar-refractivity contribution in [1.29, 1.82) is 0 Å². The second-order valence-electron chi connectivity index (χ2n) is 4.87. The van der Waals surface area contributed by atoms with Crippen molar-refractivity contribution in [3.8, 4) is 0 Å². The molecule has 0 aliphatic heterocycles. The molecule has 19 heavy (non-hydrogen) atoms. The smallest absolute Gasteiger partial charge is 0.327 e. The van der Waals surface area contributed by atoms with Gasteiger partial charge < -0.3 is 30.0 Å². The van der Waals surface area contributed by atoms with Crippen molar-refractivity contribution in [2.24, 2.45) is 5.73 Å². The van der Waals surface area contributed by atoms with E-state index in [1.807, 2.05) is 21.1 Å². The lowest BCUT2D eigenvalue weighted by Gasteiger charge is -2.26. The minimum absolute atomic E-state index is 0.250. The molecule has 0 fully saturated rings. The van der Waals surface area contributed by atoms with Gasteiger partial charge in [0.15, 0.2) is 0 Å². The molecule has 0 aliphatic rings. The number of hydrogen-bond donors (Lipinski definition) is 2. The second kappa shape index (κ2) is 9.42. The number of aliphatic carboxylic acids is 1. The molecule has 0 unspecified atom stereocenters. The number of hydrogen-bond acceptors (Lipinski definition) is 7. The van der Waals surface area contributed by atoms with Gasteiger partial charge in [-0.05, 0) is 0 Å². The summed E-state index contributed by atoms with van der Waals surface area (Å²) in [6.45, 7) is 1.32. The number of nitrogens with two attached hydrogens (primary N) is 1. The van der Waals surface area contributed by atoms with Crippen molar-refractivity contribution in [1.82, 2.24) is 0 Å². The minimum atomic E-state index is -1.20. The lowest BCUT2D eigenvalue weighted by molar-refractivity contribution is -0.873. The summed E-state index contributed by atoms with van der Waals surface area (Å²) < 4.78 is 4.55. The Balaban J connectivity index is 0. The van der Waals surface area contributed by atoms with Crippen LogP contribution in [-0.2, 0) is 19.1 Å². The molecule has 0 saturated carbocycles. The number of nitrogens with zero attached hydrogens (tertiary/aromatic N) is 1. The number of likely N-dealkylation sites (N-methyl/N-ethyl adjacent to an activating group) is 1. The number of quaternary nitrogens is 1. The normalized spacial score (nSPS) is 11.9. The summed E-state index contributed by atoms with van der Waals surface area (Å²) in [5.74, 6) is -2.52. The van der Waals surface area contributed by atoms with Crippen LogP contribution in [0.3, 0.4) is 0 Å². The fourth-order valence-corrected chi connectivity index (χ4v) is 1.09. The monoisotopic (exact) mass is 278 g/mol. The molecule has 0 saturated heterocycles. The third kappa shape index (κ3) is 19.0. The Morgan fingerprint density at radius 1 is 1.32 bits per heavy atom. The maximum absolute atomic E-state index is 10.1. The molecule has 112 valence electrons. The van der Waals surface area contributed by atoms with Gasteiger partial charge in [-0.1, -0.05) is 0 Å². The van der Waals surface area contributed by atoms with Gasteiger partial charge in [0.25, 0.3) is 0 Å². The molecule has 1 atom stereocenters. The van der Waals surface area contributed by atoms with Gasteiger partial charge in [0.1, 0.15) is 12.6 Å². The third-order valence-corrected chi connectivity index (χ3v) is 1.58. The Labute approximate surface area is 112 Å². The number of aliphatic hydroxyl groups is 1. The summed E-state index contributed by atoms with van der Waals surface area (Å²) in [7, 11) is 5.66. The molecular weight excluding hydrogens is 256 g/mol. The molecule has 0 spiro atoms.